The van der Waals surface area contributed by atoms with E-state index < -0.39 is 0 Å². The van der Waals surface area contributed by atoms with E-state index in [2.05, 4.69) is 24.2 Å². The van der Waals surface area contributed by atoms with Crippen LogP contribution in [0.25, 0.3) is 5.69 Å². The average Bonchev–Trinajstić information content (AvgIpc) is 2.97. The first kappa shape index (κ1) is 13.2. The Morgan fingerprint density at radius 2 is 1.52 bits per heavy atom. The van der Waals surface area contributed by atoms with Crippen molar-refractivity contribution in [2.75, 3.05) is 7.11 Å². The van der Waals surface area contributed by atoms with Gasteiger partial charge in [-0.3, -0.25) is 0 Å². The number of methoxy groups -OCH3 is 1. The van der Waals surface area contributed by atoms with Crippen molar-refractivity contribution >= 4 is 0 Å². The van der Waals surface area contributed by atoms with E-state index in [1.807, 2.05) is 42.6 Å². The summed E-state index contributed by atoms with van der Waals surface area (Å²) in [6, 6.07) is 15.6. The molecule has 0 atom stereocenters. The van der Waals surface area contributed by atoms with Crippen LogP contribution in [0.4, 0.5) is 0 Å². The highest BCUT2D eigenvalue weighted by molar-refractivity contribution is 5.37. The third kappa shape index (κ3) is 3.05. The van der Waals surface area contributed by atoms with Gasteiger partial charge in [-0.2, -0.15) is 5.10 Å². The number of rotatable bonds is 4. The molecule has 0 spiro atoms. The van der Waals surface area contributed by atoms with Crippen LogP contribution in [0.15, 0.2) is 60.9 Å². The van der Waals surface area contributed by atoms with Crippen molar-refractivity contribution in [1.29, 1.82) is 0 Å². The average molecular weight is 280 g/mol. The molecule has 3 rings (SSSR count). The Morgan fingerprint density at radius 1 is 0.857 bits per heavy atom. The van der Waals surface area contributed by atoms with E-state index >= 15 is 0 Å². The van der Waals surface area contributed by atoms with Gasteiger partial charge in [-0.1, -0.05) is 17.7 Å². The molecule has 0 fully saturated rings. The van der Waals surface area contributed by atoms with Gasteiger partial charge in [0.25, 0.3) is 0 Å². The van der Waals surface area contributed by atoms with Gasteiger partial charge in [0.05, 0.1) is 25.2 Å². The molecule has 0 aliphatic carbocycles. The van der Waals surface area contributed by atoms with Crippen molar-refractivity contribution in [2.24, 2.45) is 0 Å². The third-order valence-corrected chi connectivity index (χ3v) is 3.15. The monoisotopic (exact) mass is 280 g/mol. The van der Waals surface area contributed by atoms with Crippen molar-refractivity contribution in [3.8, 4) is 22.9 Å². The first-order valence-electron chi connectivity index (χ1n) is 6.68. The van der Waals surface area contributed by atoms with Gasteiger partial charge in [0.15, 0.2) is 5.75 Å². The molecule has 0 radical (unpaired) electrons. The summed E-state index contributed by atoms with van der Waals surface area (Å²) >= 11 is 0. The van der Waals surface area contributed by atoms with Crippen LogP contribution in [0.3, 0.4) is 0 Å². The Balaban J connectivity index is 1.76. The fourth-order valence-corrected chi connectivity index (χ4v) is 1.98. The van der Waals surface area contributed by atoms with Gasteiger partial charge in [-0.25, -0.2) is 4.68 Å². The van der Waals surface area contributed by atoms with Crippen molar-refractivity contribution in [3.05, 3.63) is 66.5 Å². The van der Waals surface area contributed by atoms with Crippen LogP contribution in [0.5, 0.6) is 17.2 Å². The highest BCUT2D eigenvalue weighted by atomic mass is 16.5. The maximum absolute atomic E-state index is 5.76. The molecule has 0 aliphatic heterocycles. The van der Waals surface area contributed by atoms with Gasteiger partial charge in [0, 0.05) is 0 Å². The minimum atomic E-state index is 0.695. The summed E-state index contributed by atoms with van der Waals surface area (Å²) < 4.78 is 12.7. The van der Waals surface area contributed by atoms with Gasteiger partial charge in [0.2, 0.25) is 0 Å². The number of aryl methyl sites for hydroxylation is 1. The van der Waals surface area contributed by atoms with Crippen LogP contribution in [0.1, 0.15) is 5.56 Å². The third-order valence-electron chi connectivity index (χ3n) is 3.15. The van der Waals surface area contributed by atoms with Crippen molar-refractivity contribution in [2.45, 2.75) is 6.92 Å². The summed E-state index contributed by atoms with van der Waals surface area (Å²) in [7, 11) is 1.64. The standard InChI is InChI=1S/C17H16N2O2/c1-13-3-5-14(6-4-13)19-12-17(11-18-19)21-16-9-7-15(20-2)8-10-16/h3-12H,1-2H3. The number of ether oxygens (including phenoxy) is 2. The van der Waals surface area contributed by atoms with Crippen LogP contribution >= 0.6 is 0 Å². The molecule has 0 aliphatic rings. The van der Waals surface area contributed by atoms with Crippen LogP contribution in [0.2, 0.25) is 0 Å². The van der Waals surface area contributed by atoms with Gasteiger partial charge in [-0.15, -0.1) is 0 Å². The molecule has 0 amide bonds. The number of hydrogen-bond donors (Lipinski definition) is 0. The minimum absolute atomic E-state index is 0.695. The quantitative estimate of drug-likeness (QED) is 0.725. The molecule has 2 aromatic carbocycles. The number of aromatic nitrogens is 2. The van der Waals surface area contributed by atoms with Crippen LogP contribution in [0, 0.1) is 6.92 Å². The van der Waals surface area contributed by atoms with Crippen LogP contribution in [-0.4, -0.2) is 16.9 Å². The Labute approximate surface area is 123 Å². The molecule has 4 heteroatoms. The lowest BCUT2D eigenvalue weighted by molar-refractivity contribution is 0.413. The highest BCUT2D eigenvalue weighted by Gasteiger charge is 2.03. The molecule has 0 unspecified atom stereocenters. The Hall–Kier alpha value is -2.75. The summed E-state index contributed by atoms with van der Waals surface area (Å²) in [4.78, 5) is 0. The summed E-state index contributed by atoms with van der Waals surface area (Å²) in [5.74, 6) is 2.25. The van der Waals surface area contributed by atoms with E-state index in [1.165, 1.54) is 5.56 Å². The molecule has 3 aromatic rings. The van der Waals surface area contributed by atoms with Crippen molar-refractivity contribution in [1.82, 2.24) is 9.78 Å². The fourth-order valence-electron chi connectivity index (χ4n) is 1.98. The lowest BCUT2D eigenvalue weighted by Crippen LogP contribution is -1.93. The largest absolute Gasteiger partial charge is 0.497 e. The molecule has 1 heterocycles. The van der Waals surface area contributed by atoms with Crippen molar-refractivity contribution < 1.29 is 9.47 Å². The Morgan fingerprint density at radius 3 is 2.19 bits per heavy atom. The smallest absolute Gasteiger partial charge is 0.165 e. The molecular formula is C17H16N2O2. The maximum atomic E-state index is 5.76. The fraction of sp³-hybridized carbons (Fsp3) is 0.118. The SMILES string of the molecule is COc1ccc(Oc2cnn(-c3ccc(C)cc3)c2)cc1. The summed E-state index contributed by atoms with van der Waals surface area (Å²) in [6.07, 6.45) is 3.55. The molecular weight excluding hydrogens is 264 g/mol. The van der Waals surface area contributed by atoms with E-state index in [4.69, 9.17) is 9.47 Å². The second-order valence-electron chi connectivity index (χ2n) is 4.73. The minimum Gasteiger partial charge on any atom is -0.497 e. The number of hydrogen-bond acceptors (Lipinski definition) is 3. The molecule has 4 nitrogen and oxygen atoms in total. The Bertz CT molecular complexity index is 715. The first-order valence-corrected chi connectivity index (χ1v) is 6.68. The van der Waals surface area contributed by atoms with E-state index in [-0.39, 0.29) is 0 Å². The van der Waals surface area contributed by atoms with Gasteiger partial charge >= 0.3 is 0 Å². The maximum Gasteiger partial charge on any atom is 0.165 e. The van der Waals surface area contributed by atoms with Gasteiger partial charge in [-0.05, 0) is 43.3 Å². The van der Waals surface area contributed by atoms with Gasteiger partial charge in [0.1, 0.15) is 11.5 Å². The second-order valence-corrected chi connectivity index (χ2v) is 4.73. The van der Waals surface area contributed by atoms with Crippen LogP contribution in [-0.2, 0) is 0 Å². The summed E-state index contributed by atoms with van der Waals surface area (Å²) in [6.45, 7) is 2.06. The van der Waals surface area contributed by atoms with E-state index in [0.29, 0.717) is 5.75 Å². The summed E-state index contributed by atoms with van der Waals surface area (Å²) in [5.41, 5.74) is 2.23. The number of nitrogens with zero attached hydrogens (tertiary/aromatic N) is 2. The molecule has 0 saturated heterocycles. The zero-order valence-corrected chi connectivity index (χ0v) is 12.0. The molecule has 21 heavy (non-hydrogen) atoms. The van der Waals surface area contributed by atoms with Gasteiger partial charge < -0.3 is 9.47 Å². The van der Waals surface area contributed by atoms with E-state index in [0.717, 1.165) is 17.2 Å². The first-order chi connectivity index (χ1) is 10.2. The second kappa shape index (κ2) is 5.71. The molecule has 0 saturated carbocycles. The normalized spacial score (nSPS) is 10.4. The molecule has 1 aromatic heterocycles. The predicted octanol–water partition coefficient (Wildman–Crippen LogP) is 3.98. The number of benzene rings is 2. The predicted molar refractivity (Wildman–Crippen MR) is 81.4 cm³/mol. The zero-order chi connectivity index (χ0) is 14.7. The topological polar surface area (TPSA) is 36.3 Å². The highest BCUT2D eigenvalue weighted by Crippen LogP contribution is 2.24. The zero-order valence-electron chi connectivity index (χ0n) is 12.0. The lowest BCUT2D eigenvalue weighted by Gasteiger charge is -2.04. The molecule has 106 valence electrons. The van der Waals surface area contributed by atoms with Crippen LogP contribution < -0.4 is 9.47 Å². The van der Waals surface area contributed by atoms with Crippen molar-refractivity contribution in [3.63, 3.8) is 0 Å². The molecule has 0 N–H and O–H groups in total. The Kier molecular flexibility index (Phi) is 3.60. The van der Waals surface area contributed by atoms with E-state index in [9.17, 15) is 0 Å². The van der Waals surface area contributed by atoms with E-state index in [1.54, 1.807) is 18.0 Å². The summed E-state index contributed by atoms with van der Waals surface area (Å²) in [5, 5.41) is 4.31. The lowest BCUT2D eigenvalue weighted by atomic mass is 10.2. The molecule has 0 bridgehead atoms.